The second-order valence-corrected chi connectivity index (χ2v) is 5.97. The number of fused-ring (bicyclic) bond motifs is 1. The summed E-state index contributed by atoms with van der Waals surface area (Å²) < 4.78 is 12.5. The Morgan fingerprint density at radius 3 is 2.73 bits per heavy atom. The summed E-state index contributed by atoms with van der Waals surface area (Å²) in [5.41, 5.74) is 3.08. The van der Waals surface area contributed by atoms with Gasteiger partial charge in [0.15, 0.2) is 11.5 Å². The molecule has 2 aromatic carbocycles. The molecule has 0 fully saturated rings. The molecule has 136 valence electrons. The molecule has 26 heavy (non-hydrogen) atoms. The number of methoxy groups -OCH3 is 2. The fraction of sp³-hybridized carbons (Fsp3) is 0.300. The van der Waals surface area contributed by atoms with Crippen LogP contribution in [0.25, 0.3) is 11.0 Å². The lowest BCUT2D eigenvalue weighted by Gasteiger charge is -2.10. The molecule has 6 heteroatoms. The first-order valence-corrected chi connectivity index (χ1v) is 8.58. The molecule has 0 spiro atoms. The van der Waals surface area contributed by atoms with Crippen LogP contribution in [-0.2, 0) is 17.8 Å². The van der Waals surface area contributed by atoms with Crippen LogP contribution in [0.3, 0.4) is 0 Å². The van der Waals surface area contributed by atoms with Gasteiger partial charge < -0.3 is 19.4 Å². The van der Waals surface area contributed by atoms with Crippen molar-refractivity contribution >= 4 is 16.9 Å². The molecule has 0 aliphatic rings. The van der Waals surface area contributed by atoms with Gasteiger partial charge in [0.05, 0.1) is 31.6 Å². The maximum absolute atomic E-state index is 12.1. The first-order valence-electron chi connectivity index (χ1n) is 8.58. The van der Waals surface area contributed by atoms with Crippen LogP contribution in [0.1, 0.15) is 12.0 Å². The third-order valence-electron chi connectivity index (χ3n) is 4.29. The van der Waals surface area contributed by atoms with Crippen LogP contribution < -0.4 is 14.8 Å². The average Bonchev–Trinajstić information content (AvgIpc) is 3.09. The zero-order chi connectivity index (χ0) is 18.4. The number of hydrogen-bond donors (Lipinski definition) is 1. The van der Waals surface area contributed by atoms with E-state index in [1.807, 2.05) is 47.0 Å². The first-order chi connectivity index (χ1) is 12.7. The lowest BCUT2D eigenvalue weighted by molar-refractivity contribution is -0.121. The number of hydrogen-bond acceptors (Lipinski definition) is 4. The monoisotopic (exact) mass is 353 g/mol. The molecule has 1 N–H and O–H groups in total. The topological polar surface area (TPSA) is 65.4 Å². The van der Waals surface area contributed by atoms with Gasteiger partial charge >= 0.3 is 0 Å². The summed E-state index contributed by atoms with van der Waals surface area (Å²) in [5, 5.41) is 2.96. The van der Waals surface area contributed by atoms with E-state index in [0.29, 0.717) is 31.0 Å². The van der Waals surface area contributed by atoms with Crippen molar-refractivity contribution in [3.05, 3.63) is 54.4 Å². The maximum Gasteiger partial charge on any atom is 0.221 e. The van der Waals surface area contributed by atoms with Crippen LogP contribution in [0.15, 0.2) is 48.8 Å². The van der Waals surface area contributed by atoms with E-state index in [1.54, 1.807) is 20.5 Å². The molecule has 0 saturated carbocycles. The molecule has 0 bridgehead atoms. The van der Waals surface area contributed by atoms with Crippen LogP contribution in [-0.4, -0.2) is 36.2 Å². The fourth-order valence-electron chi connectivity index (χ4n) is 2.88. The van der Waals surface area contributed by atoms with Crippen molar-refractivity contribution in [1.82, 2.24) is 14.9 Å². The molecule has 0 aliphatic carbocycles. The lowest BCUT2D eigenvalue weighted by Crippen LogP contribution is -2.26. The van der Waals surface area contributed by atoms with E-state index in [0.717, 1.165) is 23.0 Å². The van der Waals surface area contributed by atoms with Crippen molar-refractivity contribution < 1.29 is 14.3 Å². The molecule has 0 radical (unpaired) electrons. The van der Waals surface area contributed by atoms with Crippen LogP contribution in [0.4, 0.5) is 0 Å². The van der Waals surface area contributed by atoms with E-state index in [-0.39, 0.29) is 5.91 Å². The number of imidazole rings is 1. The number of benzene rings is 2. The van der Waals surface area contributed by atoms with Crippen molar-refractivity contribution in [3.8, 4) is 11.5 Å². The molecule has 3 rings (SSSR count). The van der Waals surface area contributed by atoms with Gasteiger partial charge in [-0.25, -0.2) is 4.98 Å². The molecular formula is C20H23N3O3. The molecular weight excluding hydrogens is 330 g/mol. The summed E-state index contributed by atoms with van der Waals surface area (Å²) in [4.78, 5) is 16.4. The predicted octanol–water partition coefficient (Wildman–Crippen LogP) is 2.80. The summed E-state index contributed by atoms with van der Waals surface area (Å²) in [7, 11) is 3.23. The van der Waals surface area contributed by atoms with Gasteiger partial charge in [0.2, 0.25) is 5.91 Å². The minimum atomic E-state index is 0.0308. The first kappa shape index (κ1) is 17.8. The number of amides is 1. The minimum absolute atomic E-state index is 0.0308. The number of nitrogens with zero attached hydrogens (tertiary/aromatic N) is 2. The Hall–Kier alpha value is -3.02. The van der Waals surface area contributed by atoms with E-state index in [1.165, 1.54) is 0 Å². The molecule has 1 heterocycles. The van der Waals surface area contributed by atoms with Crippen LogP contribution in [0.5, 0.6) is 11.5 Å². The number of ether oxygens (including phenoxy) is 2. The Kier molecular flexibility index (Phi) is 5.73. The SMILES string of the molecule is COc1ccc(CCNC(=O)CCn2cnc3ccccc32)cc1OC. The highest BCUT2D eigenvalue weighted by atomic mass is 16.5. The number of rotatable bonds is 8. The number of nitrogens with one attached hydrogen (secondary N) is 1. The van der Waals surface area contributed by atoms with E-state index >= 15 is 0 Å². The van der Waals surface area contributed by atoms with Gasteiger partial charge in [0, 0.05) is 19.5 Å². The number of aryl methyl sites for hydroxylation is 1. The van der Waals surface area contributed by atoms with E-state index in [9.17, 15) is 4.79 Å². The Balaban J connectivity index is 1.47. The number of carbonyl (C=O) groups is 1. The van der Waals surface area contributed by atoms with Gasteiger partial charge in [-0.2, -0.15) is 0 Å². The number of para-hydroxylation sites is 2. The molecule has 0 saturated heterocycles. The van der Waals surface area contributed by atoms with Gasteiger partial charge in [-0.15, -0.1) is 0 Å². The highest BCUT2D eigenvalue weighted by molar-refractivity contribution is 5.77. The summed E-state index contributed by atoms with van der Waals surface area (Å²) >= 11 is 0. The standard InChI is InChI=1S/C20H23N3O3/c1-25-18-8-7-15(13-19(18)26-2)9-11-21-20(24)10-12-23-14-22-16-5-3-4-6-17(16)23/h3-8,13-14H,9-12H2,1-2H3,(H,21,24). The molecule has 3 aromatic rings. The zero-order valence-corrected chi connectivity index (χ0v) is 15.1. The smallest absolute Gasteiger partial charge is 0.221 e. The highest BCUT2D eigenvalue weighted by Gasteiger charge is 2.07. The summed E-state index contributed by atoms with van der Waals surface area (Å²) in [6.45, 7) is 1.20. The van der Waals surface area contributed by atoms with Gasteiger partial charge in [0.25, 0.3) is 0 Å². The molecule has 1 aromatic heterocycles. The fourth-order valence-corrected chi connectivity index (χ4v) is 2.88. The Bertz CT molecular complexity index is 889. The summed E-state index contributed by atoms with van der Waals surface area (Å²) in [5.74, 6) is 1.43. The maximum atomic E-state index is 12.1. The van der Waals surface area contributed by atoms with Gasteiger partial charge in [0.1, 0.15) is 0 Å². The Morgan fingerprint density at radius 2 is 1.92 bits per heavy atom. The molecule has 6 nitrogen and oxygen atoms in total. The van der Waals surface area contributed by atoms with Gasteiger partial charge in [-0.05, 0) is 36.2 Å². The van der Waals surface area contributed by atoms with Crippen molar-refractivity contribution in [2.45, 2.75) is 19.4 Å². The van der Waals surface area contributed by atoms with Crippen LogP contribution in [0, 0.1) is 0 Å². The number of carbonyl (C=O) groups excluding carboxylic acids is 1. The minimum Gasteiger partial charge on any atom is -0.493 e. The van der Waals surface area contributed by atoms with Crippen molar-refractivity contribution in [2.75, 3.05) is 20.8 Å². The van der Waals surface area contributed by atoms with E-state index < -0.39 is 0 Å². The third kappa shape index (κ3) is 4.14. The average molecular weight is 353 g/mol. The number of aromatic nitrogens is 2. The van der Waals surface area contributed by atoms with Gasteiger partial charge in [-0.1, -0.05) is 18.2 Å². The second kappa shape index (κ2) is 8.38. The largest absolute Gasteiger partial charge is 0.493 e. The molecule has 1 amide bonds. The quantitative estimate of drug-likeness (QED) is 0.676. The Labute approximate surface area is 152 Å². The Morgan fingerprint density at radius 1 is 1.12 bits per heavy atom. The second-order valence-electron chi connectivity index (χ2n) is 5.97. The molecule has 0 atom stereocenters. The highest BCUT2D eigenvalue weighted by Crippen LogP contribution is 2.27. The van der Waals surface area contributed by atoms with Crippen molar-refractivity contribution in [2.24, 2.45) is 0 Å². The molecule has 0 unspecified atom stereocenters. The third-order valence-corrected chi connectivity index (χ3v) is 4.29. The lowest BCUT2D eigenvalue weighted by atomic mass is 10.1. The zero-order valence-electron chi connectivity index (χ0n) is 15.1. The van der Waals surface area contributed by atoms with Crippen LogP contribution >= 0.6 is 0 Å². The normalized spacial score (nSPS) is 10.7. The predicted molar refractivity (Wildman–Crippen MR) is 101 cm³/mol. The summed E-state index contributed by atoms with van der Waals surface area (Å²) in [6, 6.07) is 13.7. The van der Waals surface area contributed by atoms with Crippen LogP contribution in [0.2, 0.25) is 0 Å². The van der Waals surface area contributed by atoms with Crippen molar-refractivity contribution in [3.63, 3.8) is 0 Å². The van der Waals surface area contributed by atoms with Gasteiger partial charge in [-0.3, -0.25) is 4.79 Å². The van der Waals surface area contributed by atoms with E-state index in [2.05, 4.69) is 10.3 Å². The van der Waals surface area contributed by atoms with E-state index in [4.69, 9.17) is 9.47 Å². The molecule has 0 aliphatic heterocycles. The summed E-state index contributed by atoms with van der Waals surface area (Å²) in [6.07, 6.45) is 2.94. The van der Waals surface area contributed by atoms with Crippen molar-refractivity contribution in [1.29, 1.82) is 0 Å².